The minimum absolute atomic E-state index is 0.112. The molecule has 144 valence electrons. The van der Waals surface area contributed by atoms with E-state index in [0.29, 0.717) is 25.1 Å². The van der Waals surface area contributed by atoms with Crippen molar-refractivity contribution in [1.82, 2.24) is 9.88 Å². The van der Waals surface area contributed by atoms with Crippen LogP contribution < -0.4 is 4.74 Å². The number of carbonyl (C=O) groups excluding carboxylic acids is 1. The average molecular weight is 388 g/mol. The van der Waals surface area contributed by atoms with Crippen LogP contribution in [0.1, 0.15) is 44.1 Å². The Kier molecular flexibility index (Phi) is 5.51. The molecule has 6 nitrogen and oxygen atoms in total. The number of hydrogen-bond donors (Lipinski definition) is 1. The second-order valence-corrected chi connectivity index (χ2v) is 8.28. The normalized spacial score (nSPS) is 19.9. The summed E-state index contributed by atoms with van der Waals surface area (Å²) in [5, 5.41) is 11.9. The molecule has 7 heteroatoms. The number of piperidine rings is 1. The number of likely N-dealkylation sites (tertiary alicyclic amines) is 1. The lowest BCUT2D eigenvalue weighted by Gasteiger charge is -2.37. The highest BCUT2D eigenvalue weighted by molar-refractivity contribution is 7.13. The lowest BCUT2D eigenvalue weighted by molar-refractivity contribution is -0.150. The molecule has 0 radical (unpaired) electrons. The van der Waals surface area contributed by atoms with Crippen LogP contribution in [0.5, 0.6) is 5.75 Å². The molecule has 1 aromatic carbocycles. The van der Waals surface area contributed by atoms with Gasteiger partial charge in [-0.2, -0.15) is 0 Å². The SMILES string of the molecule is CC(C)Oc1ccc(-c2nc(C(=O)N3CCCC(C)(C(=O)O)C3)cs2)cc1. The van der Waals surface area contributed by atoms with Crippen LogP contribution in [-0.2, 0) is 4.79 Å². The molecule has 1 amide bonds. The second-order valence-electron chi connectivity index (χ2n) is 7.42. The van der Waals surface area contributed by atoms with Gasteiger partial charge in [-0.15, -0.1) is 11.3 Å². The number of carboxylic acids is 1. The van der Waals surface area contributed by atoms with E-state index in [1.54, 1.807) is 17.2 Å². The van der Waals surface area contributed by atoms with E-state index in [-0.39, 0.29) is 18.6 Å². The molecule has 0 aliphatic carbocycles. The number of benzene rings is 1. The molecule has 1 fully saturated rings. The minimum atomic E-state index is -0.890. The quantitative estimate of drug-likeness (QED) is 0.840. The summed E-state index contributed by atoms with van der Waals surface area (Å²) in [4.78, 5) is 30.4. The van der Waals surface area contributed by atoms with E-state index in [4.69, 9.17) is 4.74 Å². The lowest BCUT2D eigenvalue weighted by atomic mass is 9.82. The number of carboxylic acid groups (broad SMARTS) is 1. The third-order valence-electron chi connectivity index (χ3n) is 4.70. The van der Waals surface area contributed by atoms with Crippen molar-refractivity contribution in [3.8, 4) is 16.3 Å². The van der Waals surface area contributed by atoms with Crippen molar-refractivity contribution < 1.29 is 19.4 Å². The molecule has 1 aliphatic rings. The molecular weight excluding hydrogens is 364 g/mol. The summed E-state index contributed by atoms with van der Waals surface area (Å²) in [5.41, 5.74) is 0.398. The second kappa shape index (κ2) is 7.68. The largest absolute Gasteiger partial charge is 0.491 e. The van der Waals surface area contributed by atoms with E-state index >= 15 is 0 Å². The van der Waals surface area contributed by atoms with Crippen LogP contribution in [0, 0.1) is 5.41 Å². The summed E-state index contributed by atoms with van der Waals surface area (Å²) in [5.74, 6) is -0.269. The van der Waals surface area contributed by atoms with Gasteiger partial charge in [0.25, 0.3) is 5.91 Å². The van der Waals surface area contributed by atoms with Crippen molar-refractivity contribution in [1.29, 1.82) is 0 Å². The molecule has 1 atom stereocenters. The Balaban J connectivity index is 1.73. The molecule has 1 N–H and O–H groups in total. The highest BCUT2D eigenvalue weighted by atomic mass is 32.1. The maximum absolute atomic E-state index is 12.8. The van der Waals surface area contributed by atoms with Gasteiger partial charge in [-0.3, -0.25) is 9.59 Å². The first-order valence-electron chi connectivity index (χ1n) is 9.04. The topological polar surface area (TPSA) is 79.7 Å². The average Bonchev–Trinajstić information content (AvgIpc) is 3.11. The van der Waals surface area contributed by atoms with Gasteiger partial charge in [-0.1, -0.05) is 0 Å². The molecule has 0 bridgehead atoms. The lowest BCUT2D eigenvalue weighted by Crippen LogP contribution is -2.48. The highest BCUT2D eigenvalue weighted by Crippen LogP contribution is 2.31. The number of rotatable bonds is 5. The van der Waals surface area contributed by atoms with Crippen molar-refractivity contribution in [2.45, 2.75) is 39.7 Å². The molecule has 1 unspecified atom stereocenters. The zero-order chi connectivity index (χ0) is 19.6. The van der Waals surface area contributed by atoms with Gasteiger partial charge in [0.05, 0.1) is 11.5 Å². The minimum Gasteiger partial charge on any atom is -0.491 e. The maximum atomic E-state index is 12.8. The molecule has 27 heavy (non-hydrogen) atoms. The number of ether oxygens (including phenoxy) is 1. The first kappa shape index (κ1) is 19.4. The molecule has 1 aromatic heterocycles. The number of hydrogen-bond acceptors (Lipinski definition) is 5. The number of nitrogens with zero attached hydrogens (tertiary/aromatic N) is 2. The Labute approximate surface area is 162 Å². The molecule has 1 aliphatic heterocycles. The Bertz CT molecular complexity index is 831. The molecule has 0 spiro atoms. The maximum Gasteiger partial charge on any atom is 0.311 e. The van der Waals surface area contributed by atoms with E-state index in [9.17, 15) is 14.7 Å². The molecule has 2 aromatic rings. The smallest absolute Gasteiger partial charge is 0.311 e. The van der Waals surface area contributed by atoms with E-state index in [1.165, 1.54) is 11.3 Å². The standard InChI is InChI=1S/C20H24N2O4S/c1-13(2)26-15-7-5-14(6-8-15)17-21-16(11-27-17)18(23)22-10-4-9-20(3,12-22)19(24)25/h5-8,11,13H,4,9-10,12H2,1-3H3,(H,24,25). The molecule has 1 saturated heterocycles. The van der Waals surface area contributed by atoms with Crippen LogP contribution in [0.2, 0.25) is 0 Å². The summed E-state index contributed by atoms with van der Waals surface area (Å²) in [6, 6.07) is 7.63. The van der Waals surface area contributed by atoms with Gasteiger partial charge in [0.2, 0.25) is 0 Å². The zero-order valence-corrected chi connectivity index (χ0v) is 16.6. The van der Waals surface area contributed by atoms with Gasteiger partial charge in [-0.25, -0.2) is 4.98 Å². The monoisotopic (exact) mass is 388 g/mol. The van der Waals surface area contributed by atoms with E-state index in [1.807, 2.05) is 38.1 Å². The van der Waals surface area contributed by atoms with Crippen molar-refractivity contribution in [2.24, 2.45) is 5.41 Å². The molecule has 0 saturated carbocycles. The van der Waals surface area contributed by atoms with Crippen LogP contribution in [0.4, 0.5) is 0 Å². The Morgan fingerprint density at radius 2 is 2.00 bits per heavy atom. The van der Waals surface area contributed by atoms with Crippen molar-refractivity contribution >= 4 is 23.2 Å². The van der Waals surface area contributed by atoms with Crippen molar-refractivity contribution in [3.63, 3.8) is 0 Å². The third kappa shape index (κ3) is 4.30. The predicted octanol–water partition coefficient (Wildman–Crippen LogP) is 3.92. The highest BCUT2D eigenvalue weighted by Gasteiger charge is 2.39. The van der Waals surface area contributed by atoms with Crippen LogP contribution in [0.3, 0.4) is 0 Å². The van der Waals surface area contributed by atoms with Crippen molar-refractivity contribution in [2.75, 3.05) is 13.1 Å². The van der Waals surface area contributed by atoms with Crippen LogP contribution in [-0.4, -0.2) is 46.1 Å². The summed E-state index contributed by atoms with van der Waals surface area (Å²) in [6.45, 7) is 6.43. The predicted molar refractivity (Wildman–Crippen MR) is 104 cm³/mol. The van der Waals surface area contributed by atoms with Gasteiger partial charge in [-0.05, 0) is 57.9 Å². The van der Waals surface area contributed by atoms with Crippen LogP contribution in [0.15, 0.2) is 29.6 Å². The number of amides is 1. The third-order valence-corrected chi connectivity index (χ3v) is 5.59. The van der Waals surface area contributed by atoms with Gasteiger partial charge < -0.3 is 14.7 Å². The molecule has 3 rings (SSSR count). The first-order valence-corrected chi connectivity index (χ1v) is 9.92. The summed E-state index contributed by atoms with van der Waals surface area (Å²) < 4.78 is 5.64. The number of aromatic nitrogens is 1. The summed E-state index contributed by atoms with van der Waals surface area (Å²) in [6.07, 6.45) is 1.38. The van der Waals surface area contributed by atoms with Crippen LogP contribution in [0.25, 0.3) is 10.6 Å². The van der Waals surface area contributed by atoms with Gasteiger partial charge in [0.15, 0.2) is 0 Å². The zero-order valence-electron chi connectivity index (χ0n) is 15.8. The van der Waals surface area contributed by atoms with E-state index in [0.717, 1.165) is 16.3 Å². The Morgan fingerprint density at radius 1 is 1.30 bits per heavy atom. The van der Waals surface area contributed by atoms with E-state index in [2.05, 4.69) is 4.98 Å². The molecule has 2 heterocycles. The summed E-state index contributed by atoms with van der Waals surface area (Å²) in [7, 11) is 0. The number of carbonyl (C=O) groups is 2. The van der Waals surface area contributed by atoms with Gasteiger partial charge in [0, 0.05) is 24.0 Å². The first-order chi connectivity index (χ1) is 12.8. The molecular formula is C20H24N2O4S. The fourth-order valence-electron chi connectivity index (χ4n) is 3.20. The van der Waals surface area contributed by atoms with Crippen molar-refractivity contribution in [3.05, 3.63) is 35.3 Å². The summed E-state index contributed by atoms with van der Waals surface area (Å²) >= 11 is 1.41. The Morgan fingerprint density at radius 3 is 2.63 bits per heavy atom. The van der Waals surface area contributed by atoms with Gasteiger partial charge in [0.1, 0.15) is 16.5 Å². The number of thiazole rings is 1. The van der Waals surface area contributed by atoms with Gasteiger partial charge >= 0.3 is 5.97 Å². The van der Waals surface area contributed by atoms with Crippen LogP contribution >= 0.6 is 11.3 Å². The fraction of sp³-hybridized carbons (Fsp3) is 0.450. The Hall–Kier alpha value is -2.41. The fourth-order valence-corrected chi connectivity index (χ4v) is 4.00. The van der Waals surface area contributed by atoms with E-state index < -0.39 is 11.4 Å². The number of aliphatic carboxylic acids is 1.